The molecule has 5 nitrogen and oxygen atoms in total. The number of carbonyl (C=O) groups excluding carboxylic acids is 2. The molecule has 2 N–H and O–H groups in total. The molecule has 1 aliphatic rings. The van der Waals surface area contributed by atoms with E-state index in [1.54, 1.807) is 12.4 Å². The zero-order valence-corrected chi connectivity index (χ0v) is 21.8. The van der Waals surface area contributed by atoms with E-state index in [1.165, 1.54) is 69.8 Å². The topological polar surface area (TPSA) is 76.3 Å². The van der Waals surface area contributed by atoms with Gasteiger partial charge < -0.3 is 10.6 Å². The van der Waals surface area contributed by atoms with E-state index in [0.717, 1.165) is 38.8 Å². The molecule has 0 radical (unpaired) electrons. The van der Waals surface area contributed by atoms with Gasteiger partial charge in [0.15, 0.2) is 0 Å². The summed E-state index contributed by atoms with van der Waals surface area (Å²) >= 11 is 0. The molecule has 0 bridgehead atoms. The number of hydrogen-bond acceptors (Lipinski definition) is 3. The van der Waals surface area contributed by atoms with Crippen molar-refractivity contribution in [3.05, 3.63) is 30.1 Å². The monoisotopic (exact) mass is 461 g/mol. The summed E-state index contributed by atoms with van der Waals surface area (Å²) in [6, 6.07) is 3.94. The minimum absolute atomic E-state index is 0.182. The Morgan fingerprint density at radius 1 is 0.788 bits per heavy atom. The van der Waals surface area contributed by atoms with Crippen LogP contribution in [0.4, 0.5) is 0 Å². The fourth-order valence-electron chi connectivity index (χ4n) is 3.68. The van der Waals surface area contributed by atoms with Gasteiger partial charge in [0, 0.05) is 38.3 Å². The quantitative estimate of drug-likeness (QED) is 0.308. The maximum absolute atomic E-state index is 11.7. The Morgan fingerprint density at radius 3 is 1.76 bits per heavy atom. The summed E-state index contributed by atoms with van der Waals surface area (Å²) in [5.41, 5.74) is 6.09. The van der Waals surface area contributed by atoms with Crippen molar-refractivity contribution in [2.45, 2.75) is 124 Å². The van der Waals surface area contributed by atoms with Crippen LogP contribution >= 0.6 is 0 Å². The minimum Gasteiger partial charge on any atom is -0.370 e. The van der Waals surface area contributed by atoms with Crippen LogP contribution in [0.15, 0.2) is 24.5 Å². The summed E-state index contributed by atoms with van der Waals surface area (Å²) in [5.74, 6) is 0.114. The molecule has 2 amide bonds. The van der Waals surface area contributed by atoms with Gasteiger partial charge in [-0.05, 0) is 43.4 Å². The van der Waals surface area contributed by atoms with E-state index in [4.69, 9.17) is 5.73 Å². The van der Waals surface area contributed by atoms with Gasteiger partial charge in [0.25, 0.3) is 0 Å². The highest BCUT2D eigenvalue weighted by atomic mass is 16.2. The molecule has 0 aliphatic carbocycles. The second kappa shape index (κ2) is 23.3. The molecule has 2 heterocycles. The van der Waals surface area contributed by atoms with Crippen molar-refractivity contribution in [2.75, 3.05) is 13.1 Å². The smallest absolute Gasteiger partial charge is 0.222 e. The Balaban J connectivity index is 0.000000499. The number of nitrogens with two attached hydrogens (primary N) is 1. The molecule has 1 aromatic rings. The van der Waals surface area contributed by atoms with E-state index in [-0.39, 0.29) is 5.91 Å². The van der Waals surface area contributed by atoms with Gasteiger partial charge in [-0.1, -0.05) is 85.0 Å². The molecule has 1 aliphatic heterocycles. The lowest BCUT2D eigenvalue weighted by atomic mass is 10.1. The van der Waals surface area contributed by atoms with Crippen molar-refractivity contribution in [2.24, 2.45) is 5.73 Å². The van der Waals surface area contributed by atoms with Crippen molar-refractivity contribution in [3.8, 4) is 0 Å². The average Bonchev–Trinajstić information content (AvgIpc) is 3.37. The van der Waals surface area contributed by atoms with Crippen LogP contribution in [0, 0.1) is 0 Å². The first kappa shape index (κ1) is 31.1. The number of hydrogen-bond donors (Lipinski definition) is 1. The fraction of sp³-hybridized carbons (Fsp3) is 0.750. The van der Waals surface area contributed by atoms with Gasteiger partial charge in [0.05, 0.1) is 0 Å². The highest BCUT2D eigenvalue weighted by Crippen LogP contribution is 2.11. The van der Waals surface area contributed by atoms with Crippen LogP contribution in [0.25, 0.3) is 0 Å². The van der Waals surface area contributed by atoms with Crippen LogP contribution in [-0.4, -0.2) is 34.8 Å². The molecule has 1 aromatic heterocycles. The number of likely N-dealkylation sites (tertiary alicyclic amines) is 1. The number of rotatable bonds is 14. The van der Waals surface area contributed by atoms with Crippen molar-refractivity contribution >= 4 is 11.8 Å². The highest BCUT2D eigenvalue weighted by Gasteiger charge is 2.17. The van der Waals surface area contributed by atoms with Gasteiger partial charge in [-0.25, -0.2) is 0 Å². The summed E-state index contributed by atoms with van der Waals surface area (Å²) in [6.45, 7) is 8.55. The molecule has 2 rings (SSSR count). The maximum atomic E-state index is 11.7. The summed E-state index contributed by atoms with van der Waals surface area (Å²) in [6.07, 6.45) is 22.6. The number of unbranched alkanes of at least 4 members (excludes halogenated alkanes) is 9. The van der Waals surface area contributed by atoms with Gasteiger partial charge in [-0.3, -0.25) is 14.6 Å². The normalized spacial score (nSPS) is 12.4. The minimum atomic E-state index is -0.182. The van der Waals surface area contributed by atoms with Crippen molar-refractivity contribution in [1.29, 1.82) is 0 Å². The number of amides is 2. The van der Waals surface area contributed by atoms with Crippen LogP contribution in [0.2, 0.25) is 0 Å². The Labute approximate surface area is 203 Å². The third kappa shape index (κ3) is 20.4. The summed E-state index contributed by atoms with van der Waals surface area (Å²) in [5, 5.41) is 0. The highest BCUT2D eigenvalue weighted by molar-refractivity contribution is 5.76. The molecule has 0 atom stereocenters. The summed E-state index contributed by atoms with van der Waals surface area (Å²) in [7, 11) is 0. The van der Waals surface area contributed by atoms with Crippen LogP contribution in [-0.2, 0) is 16.0 Å². The zero-order valence-electron chi connectivity index (χ0n) is 21.8. The molecule has 1 saturated heterocycles. The lowest BCUT2D eigenvalue weighted by molar-refractivity contribution is -0.130. The van der Waals surface area contributed by atoms with Gasteiger partial charge in [-0.2, -0.15) is 0 Å². The SMILES string of the molecule is CCCCCC(N)=O.CCCCCCCCCC.O=C(CCc1ccncc1)N1CCCC1. The molecule has 0 unspecified atom stereocenters. The van der Waals surface area contributed by atoms with Crippen molar-refractivity contribution in [3.63, 3.8) is 0 Å². The predicted octanol–water partition coefficient (Wildman–Crippen LogP) is 6.84. The molecular weight excluding hydrogens is 410 g/mol. The first-order valence-corrected chi connectivity index (χ1v) is 13.5. The first-order valence-electron chi connectivity index (χ1n) is 13.5. The molecule has 190 valence electrons. The maximum Gasteiger partial charge on any atom is 0.222 e. The molecule has 0 spiro atoms. The second-order valence-electron chi connectivity index (χ2n) is 8.99. The third-order valence-electron chi connectivity index (χ3n) is 5.82. The van der Waals surface area contributed by atoms with Crippen LogP contribution in [0.3, 0.4) is 0 Å². The second-order valence-corrected chi connectivity index (χ2v) is 8.99. The number of nitrogens with zero attached hydrogens (tertiary/aromatic N) is 2. The van der Waals surface area contributed by atoms with Gasteiger partial charge >= 0.3 is 0 Å². The molecule has 1 fully saturated rings. The molecule has 5 heteroatoms. The molecular formula is C28H51N3O2. The molecule has 0 saturated carbocycles. The van der Waals surface area contributed by atoms with Crippen molar-refractivity contribution in [1.82, 2.24) is 9.88 Å². The average molecular weight is 462 g/mol. The Bertz CT molecular complexity index is 564. The number of carbonyl (C=O) groups is 2. The predicted molar refractivity (Wildman–Crippen MR) is 140 cm³/mol. The van der Waals surface area contributed by atoms with Gasteiger partial charge in [0.1, 0.15) is 0 Å². The van der Waals surface area contributed by atoms with Gasteiger partial charge in [0.2, 0.25) is 11.8 Å². The Kier molecular flexibility index (Phi) is 21.9. The lowest BCUT2D eigenvalue weighted by Crippen LogP contribution is -2.27. The number of pyridine rings is 1. The largest absolute Gasteiger partial charge is 0.370 e. The van der Waals surface area contributed by atoms with Crippen LogP contribution in [0.5, 0.6) is 0 Å². The van der Waals surface area contributed by atoms with E-state index in [0.29, 0.717) is 18.7 Å². The van der Waals surface area contributed by atoms with E-state index < -0.39 is 0 Å². The van der Waals surface area contributed by atoms with Crippen LogP contribution in [0.1, 0.15) is 123 Å². The van der Waals surface area contributed by atoms with E-state index in [9.17, 15) is 9.59 Å². The third-order valence-corrected chi connectivity index (χ3v) is 5.82. The summed E-state index contributed by atoms with van der Waals surface area (Å²) < 4.78 is 0. The number of aromatic nitrogens is 1. The van der Waals surface area contributed by atoms with E-state index >= 15 is 0 Å². The van der Waals surface area contributed by atoms with Crippen LogP contribution < -0.4 is 5.73 Å². The van der Waals surface area contributed by atoms with Gasteiger partial charge in [-0.15, -0.1) is 0 Å². The standard InChI is InChI=1S/C12H16N2O.C10H22.C6H13NO/c15-12(14-9-1-2-10-14)4-3-11-5-7-13-8-6-11;1-3-5-7-9-10-8-6-4-2;1-2-3-4-5-6(7)8/h5-8H,1-4,9-10H2;3-10H2,1-2H3;2-5H2,1H3,(H2,7,8). The van der Waals surface area contributed by atoms with E-state index in [2.05, 4.69) is 25.8 Å². The fourth-order valence-corrected chi connectivity index (χ4v) is 3.68. The van der Waals surface area contributed by atoms with E-state index in [1.807, 2.05) is 17.0 Å². The number of primary amides is 1. The molecule has 0 aromatic carbocycles. The zero-order chi connectivity index (χ0) is 24.6. The molecule has 33 heavy (non-hydrogen) atoms. The van der Waals surface area contributed by atoms with Crippen molar-refractivity contribution < 1.29 is 9.59 Å². The lowest BCUT2D eigenvalue weighted by Gasteiger charge is -2.14. The summed E-state index contributed by atoms with van der Waals surface area (Å²) in [4.78, 5) is 27.8. The first-order chi connectivity index (χ1) is 16.0. The Hall–Kier alpha value is -1.91. The number of aryl methyl sites for hydroxylation is 1. The Morgan fingerprint density at radius 2 is 1.27 bits per heavy atom.